The predicted molar refractivity (Wildman–Crippen MR) is 109 cm³/mol. The van der Waals surface area contributed by atoms with Gasteiger partial charge in [-0.25, -0.2) is 4.79 Å². The van der Waals surface area contributed by atoms with Crippen molar-refractivity contribution in [3.8, 4) is 17.6 Å². The predicted octanol–water partition coefficient (Wildman–Crippen LogP) is 4.72. The number of anilines is 1. The Morgan fingerprint density at radius 3 is 2.10 bits per heavy atom. The number of benzene rings is 3. The molecule has 6 heteroatoms. The highest BCUT2D eigenvalue weighted by atomic mass is 16.5. The quantitative estimate of drug-likeness (QED) is 0.473. The summed E-state index contributed by atoms with van der Waals surface area (Å²) < 4.78 is 5.71. The number of carboxylic acids is 1. The lowest BCUT2D eigenvalue weighted by atomic mass is 10.1. The van der Waals surface area contributed by atoms with Gasteiger partial charge in [0.25, 0.3) is 5.91 Å². The third-order valence-electron chi connectivity index (χ3n) is 3.92. The van der Waals surface area contributed by atoms with Gasteiger partial charge in [0.2, 0.25) is 0 Å². The van der Waals surface area contributed by atoms with Gasteiger partial charge >= 0.3 is 5.97 Å². The monoisotopic (exact) mass is 384 g/mol. The Hall–Kier alpha value is -4.37. The fraction of sp³-hybridized carbons (Fsp3) is 0. The number of amides is 1. The highest BCUT2D eigenvalue weighted by Crippen LogP contribution is 2.22. The molecule has 0 unspecified atom stereocenters. The molecule has 1 amide bonds. The zero-order chi connectivity index (χ0) is 20.6. The summed E-state index contributed by atoms with van der Waals surface area (Å²) >= 11 is 0. The maximum Gasteiger partial charge on any atom is 0.335 e. The first-order valence-electron chi connectivity index (χ1n) is 8.64. The van der Waals surface area contributed by atoms with Crippen LogP contribution in [-0.4, -0.2) is 17.0 Å². The normalized spacial score (nSPS) is 10.7. The Kier molecular flexibility index (Phi) is 6.03. The van der Waals surface area contributed by atoms with E-state index in [1.54, 1.807) is 24.3 Å². The largest absolute Gasteiger partial charge is 0.478 e. The van der Waals surface area contributed by atoms with Crippen LogP contribution in [0.1, 0.15) is 15.9 Å². The number of ether oxygens (including phenoxy) is 1. The molecule has 0 heterocycles. The zero-order valence-corrected chi connectivity index (χ0v) is 15.2. The van der Waals surface area contributed by atoms with Gasteiger partial charge in [0.1, 0.15) is 23.1 Å². The van der Waals surface area contributed by atoms with Crippen LogP contribution in [0.15, 0.2) is 84.4 Å². The molecule has 0 bridgehead atoms. The number of nitrogens with zero attached hydrogens (tertiary/aromatic N) is 1. The van der Waals surface area contributed by atoms with Crippen LogP contribution in [0, 0.1) is 11.3 Å². The van der Waals surface area contributed by atoms with E-state index in [2.05, 4.69) is 5.32 Å². The van der Waals surface area contributed by atoms with Crippen LogP contribution in [0.3, 0.4) is 0 Å². The molecule has 29 heavy (non-hydrogen) atoms. The van der Waals surface area contributed by atoms with Gasteiger partial charge in [0.05, 0.1) is 5.56 Å². The van der Waals surface area contributed by atoms with Gasteiger partial charge in [0.15, 0.2) is 0 Å². The maximum absolute atomic E-state index is 12.3. The molecule has 0 saturated carbocycles. The van der Waals surface area contributed by atoms with Crippen LogP contribution < -0.4 is 10.1 Å². The SMILES string of the molecule is N#CC(=Cc1ccc(Oc2ccccc2)cc1)C(=O)Nc1ccc(C(=O)O)cc1. The number of aromatic carboxylic acids is 1. The van der Waals surface area contributed by atoms with E-state index in [9.17, 15) is 14.9 Å². The first-order chi connectivity index (χ1) is 14.0. The lowest BCUT2D eigenvalue weighted by Gasteiger charge is -2.06. The Morgan fingerprint density at radius 2 is 1.52 bits per heavy atom. The summed E-state index contributed by atoms with van der Waals surface area (Å²) in [6.07, 6.45) is 1.47. The molecule has 0 aliphatic carbocycles. The number of carbonyl (C=O) groups excluding carboxylic acids is 1. The summed E-state index contributed by atoms with van der Waals surface area (Å²) in [4.78, 5) is 23.2. The molecule has 6 nitrogen and oxygen atoms in total. The van der Waals surface area contributed by atoms with Crippen molar-refractivity contribution in [1.82, 2.24) is 0 Å². The summed E-state index contributed by atoms with van der Waals surface area (Å²) in [5.41, 5.74) is 1.09. The Morgan fingerprint density at radius 1 is 0.897 bits per heavy atom. The third-order valence-corrected chi connectivity index (χ3v) is 3.92. The number of para-hydroxylation sites is 1. The number of nitriles is 1. The molecule has 142 valence electrons. The second kappa shape index (κ2) is 9.02. The van der Waals surface area contributed by atoms with Gasteiger partial charge in [-0.3, -0.25) is 4.79 Å². The van der Waals surface area contributed by atoms with Crippen molar-refractivity contribution in [3.05, 3.63) is 95.6 Å². The highest BCUT2D eigenvalue weighted by molar-refractivity contribution is 6.09. The summed E-state index contributed by atoms with van der Waals surface area (Å²) in [6, 6.07) is 23.9. The molecule has 3 rings (SSSR count). The number of carbonyl (C=O) groups is 2. The number of rotatable bonds is 6. The highest BCUT2D eigenvalue weighted by Gasteiger charge is 2.10. The third kappa shape index (κ3) is 5.31. The van der Waals surface area contributed by atoms with Crippen molar-refractivity contribution in [2.45, 2.75) is 0 Å². The standard InChI is InChI=1S/C23H16N2O4/c24-15-18(22(26)25-19-10-8-17(9-11-19)23(27)28)14-16-6-12-21(13-7-16)29-20-4-2-1-3-5-20/h1-14H,(H,25,26)(H,27,28). The molecular weight excluding hydrogens is 368 g/mol. The minimum Gasteiger partial charge on any atom is -0.478 e. The van der Waals surface area contributed by atoms with Gasteiger partial charge in [-0.1, -0.05) is 30.3 Å². The molecule has 3 aromatic carbocycles. The van der Waals surface area contributed by atoms with Crippen LogP contribution in [0.2, 0.25) is 0 Å². The maximum atomic E-state index is 12.3. The van der Waals surface area contributed by atoms with Crippen LogP contribution in [0.4, 0.5) is 5.69 Å². The van der Waals surface area contributed by atoms with Gasteiger partial charge in [-0.15, -0.1) is 0 Å². The first-order valence-corrected chi connectivity index (χ1v) is 8.64. The van der Waals surface area contributed by atoms with E-state index in [0.29, 0.717) is 22.7 Å². The van der Waals surface area contributed by atoms with E-state index in [0.717, 1.165) is 0 Å². The summed E-state index contributed by atoms with van der Waals surface area (Å²) in [7, 11) is 0. The minimum atomic E-state index is -1.06. The van der Waals surface area contributed by atoms with Gasteiger partial charge in [0, 0.05) is 5.69 Å². The van der Waals surface area contributed by atoms with Crippen molar-refractivity contribution in [2.24, 2.45) is 0 Å². The minimum absolute atomic E-state index is 0.0796. The Bertz CT molecular complexity index is 1080. The van der Waals surface area contributed by atoms with E-state index >= 15 is 0 Å². The number of carboxylic acid groups (broad SMARTS) is 1. The topological polar surface area (TPSA) is 99.4 Å². The van der Waals surface area contributed by atoms with E-state index in [-0.39, 0.29) is 11.1 Å². The van der Waals surface area contributed by atoms with Gasteiger partial charge < -0.3 is 15.2 Å². The first kappa shape index (κ1) is 19.4. The average Bonchev–Trinajstić information content (AvgIpc) is 2.74. The Labute approximate surface area is 167 Å². The van der Waals surface area contributed by atoms with Gasteiger partial charge in [-0.05, 0) is 60.2 Å². The second-order valence-electron chi connectivity index (χ2n) is 5.99. The molecule has 0 aliphatic heterocycles. The second-order valence-corrected chi connectivity index (χ2v) is 5.99. The molecule has 2 N–H and O–H groups in total. The summed E-state index contributed by atoms with van der Waals surface area (Å²) in [5.74, 6) is -0.294. The molecule has 0 atom stereocenters. The smallest absolute Gasteiger partial charge is 0.335 e. The fourth-order valence-corrected chi connectivity index (χ4v) is 2.47. The lowest BCUT2D eigenvalue weighted by Crippen LogP contribution is -2.13. The van der Waals surface area contributed by atoms with E-state index in [1.807, 2.05) is 36.4 Å². The number of nitrogens with one attached hydrogen (secondary N) is 1. The molecule has 0 radical (unpaired) electrons. The molecule has 0 fully saturated rings. The molecular formula is C23H16N2O4. The lowest BCUT2D eigenvalue weighted by molar-refractivity contribution is -0.112. The van der Waals surface area contributed by atoms with Crippen LogP contribution in [0.5, 0.6) is 11.5 Å². The van der Waals surface area contributed by atoms with Crippen LogP contribution in [-0.2, 0) is 4.79 Å². The van der Waals surface area contributed by atoms with E-state index < -0.39 is 11.9 Å². The zero-order valence-electron chi connectivity index (χ0n) is 15.2. The van der Waals surface area contributed by atoms with Crippen molar-refractivity contribution in [3.63, 3.8) is 0 Å². The van der Waals surface area contributed by atoms with Crippen LogP contribution in [0.25, 0.3) is 6.08 Å². The van der Waals surface area contributed by atoms with E-state index in [1.165, 1.54) is 30.3 Å². The molecule has 0 aromatic heterocycles. The van der Waals surface area contributed by atoms with Crippen molar-refractivity contribution in [2.75, 3.05) is 5.32 Å². The van der Waals surface area contributed by atoms with Crippen molar-refractivity contribution < 1.29 is 19.4 Å². The van der Waals surface area contributed by atoms with Crippen LogP contribution >= 0.6 is 0 Å². The fourth-order valence-electron chi connectivity index (χ4n) is 2.47. The molecule has 3 aromatic rings. The van der Waals surface area contributed by atoms with Crippen molar-refractivity contribution in [1.29, 1.82) is 5.26 Å². The van der Waals surface area contributed by atoms with Crippen molar-refractivity contribution >= 4 is 23.6 Å². The number of hydrogen-bond acceptors (Lipinski definition) is 4. The van der Waals surface area contributed by atoms with Gasteiger partial charge in [-0.2, -0.15) is 5.26 Å². The molecule has 0 spiro atoms. The Balaban J connectivity index is 1.69. The number of hydrogen-bond donors (Lipinski definition) is 2. The summed E-state index contributed by atoms with van der Waals surface area (Å²) in [6.45, 7) is 0. The molecule has 0 aliphatic rings. The summed E-state index contributed by atoms with van der Waals surface area (Å²) in [5, 5.41) is 20.8. The molecule has 0 saturated heterocycles. The van der Waals surface area contributed by atoms with E-state index in [4.69, 9.17) is 9.84 Å². The average molecular weight is 384 g/mol.